The number of carbonyl (C=O) groups excluding carboxylic acids is 2. The van der Waals surface area contributed by atoms with Gasteiger partial charge in [0.2, 0.25) is 0 Å². The first-order valence-corrected chi connectivity index (χ1v) is 10.6. The number of benzene rings is 2. The molecule has 0 N–H and O–H groups in total. The quantitative estimate of drug-likeness (QED) is 0.188. The summed E-state index contributed by atoms with van der Waals surface area (Å²) in [5, 5.41) is 11.8. The van der Waals surface area contributed by atoms with Crippen molar-refractivity contribution in [3.05, 3.63) is 74.7 Å². The molecule has 0 unspecified atom stereocenters. The standard InChI is InChI=1S/C25H21NO8/c1-4-31-24(27)22-14(3)33-20-13-18-21(12-17(20)22)34-19(23(18)25(28)32-5-2)11-8-15-6-9-16(10-7-15)26(29)30/h6-13H,4-5H2,1-3H3/b11-8+. The third-order valence-corrected chi connectivity index (χ3v) is 5.19. The Hall–Kier alpha value is -4.40. The second-order valence-electron chi connectivity index (χ2n) is 7.34. The molecule has 4 rings (SSSR count). The van der Waals surface area contributed by atoms with Crippen LogP contribution >= 0.6 is 0 Å². The van der Waals surface area contributed by atoms with Crippen LogP contribution in [0.1, 0.15) is 51.6 Å². The molecule has 0 aliphatic carbocycles. The highest BCUT2D eigenvalue weighted by Crippen LogP contribution is 2.35. The van der Waals surface area contributed by atoms with Crippen molar-refractivity contribution < 1.29 is 32.8 Å². The molecule has 0 saturated carbocycles. The SMILES string of the molecule is CCOC(=O)c1c(C)oc2cc3c(C(=O)OCC)c(/C=C/c4ccc([N+](=O)[O-])cc4)oc3cc12. The summed E-state index contributed by atoms with van der Waals surface area (Å²) in [4.78, 5) is 35.6. The molecule has 4 aromatic rings. The van der Waals surface area contributed by atoms with E-state index in [1.165, 1.54) is 12.1 Å². The van der Waals surface area contributed by atoms with Crippen LogP contribution < -0.4 is 0 Å². The fourth-order valence-corrected chi connectivity index (χ4v) is 3.69. The molecule has 0 bridgehead atoms. The highest BCUT2D eigenvalue weighted by atomic mass is 16.6. The summed E-state index contributed by atoms with van der Waals surface area (Å²) < 4.78 is 22.1. The minimum Gasteiger partial charge on any atom is -0.462 e. The molecule has 0 fully saturated rings. The van der Waals surface area contributed by atoms with Gasteiger partial charge in [0.05, 0.1) is 18.1 Å². The van der Waals surface area contributed by atoms with Crippen LogP contribution in [0.4, 0.5) is 5.69 Å². The molecular formula is C25H21NO8. The lowest BCUT2D eigenvalue weighted by molar-refractivity contribution is -0.384. The predicted molar refractivity (Wildman–Crippen MR) is 125 cm³/mol. The van der Waals surface area contributed by atoms with E-state index in [-0.39, 0.29) is 30.2 Å². The molecule has 9 heteroatoms. The monoisotopic (exact) mass is 463 g/mol. The van der Waals surface area contributed by atoms with Crippen molar-refractivity contribution in [3.63, 3.8) is 0 Å². The lowest BCUT2D eigenvalue weighted by Crippen LogP contribution is -2.05. The van der Waals surface area contributed by atoms with Crippen LogP contribution in [0, 0.1) is 17.0 Å². The van der Waals surface area contributed by atoms with E-state index < -0.39 is 16.9 Å². The second-order valence-corrected chi connectivity index (χ2v) is 7.34. The van der Waals surface area contributed by atoms with Gasteiger partial charge in [0.15, 0.2) is 0 Å². The van der Waals surface area contributed by atoms with Gasteiger partial charge in [0.25, 0.3) is 5.69 Å². The molecule has 0 aliphatic heterocycles. The number of furan rings is 2. The number of aryl methyl sites for hydroxylation is 1. The number of carbonyl (C=O) groups is 2. The van der Waals surface area contributed by atoms with Gasteiger partial charge in [0, 0.05) is 22.9 Å². The predicted octanol–water partition coefficient (Wildman–Crippen LogP) is 5.92. The first-order valence-electron chi connectivity index (χ1n) is 10.6. The molecule has 0 radical (unpaired) electrons. The van der Waals surface area contributed by atoms with Gasteiger partial charge in [-0.1, -0.05) is 6.08 Å². The van der Waals surface area contributed by atoms with Crippen LogP contribution in [0.3, 0.4) is 0 Å². The van der Waals surface area contributed by atoms with Crippen LogP contribution in [0.5, 0.6) is 0 Å². The zero-order valence-corrected chi connectivity index (χ0v) is 18.7. The first-order chi connectivity index (χ1) is 16.3. The van der Waals surface area contributed by atoms with Crippen molar-refractivity contribution in [2.45, 2.75) is 20.8 Å². The van der Waals surface area contributed by atoms with Crippen molar-refractivity contribution in [2.24, 2.45) is 0 Å². The minimum absolute atomic E-state index is 0.0247. The van der Waals surface area contributed by atoms with E-state index in [4.69, 9.17) is 18.3 Å². The maximum atomic E-state index is 12.8. The van der Waals surface area contributed by atoms with E-state index in [2.05, 4.69) is 0 Å². The molecule has 0 amide bonds. The Labute approximate surface area is 193 Å². The molecule has 2 aromatic carbocycles. The zero-order chi connectivity index (χ0) is 24.4. The molecule has 0 atom stereocenters. The average molecular weight is 463 g/mol. The smallest absolute Gasteiger partial charge is 0.342 e. The molecule has 2 heterocycles. The Kier molecular flexibility index (Phi) is 6.18. The van der Waals surface area contributed by atoms with E-state index in [0.717, 1.165) is 0 Å². The number of fused-ring (bicyclic) bond motifs is 2. The number of nitro groups is 1. The van der Waals surface area contributed by atoms with E-state index in [9.17, 15) is 19.7 Å². The number of nitro benzene ring substituents is 1. The minimum atomic E-state index is -0.571. The van der Waals surface area contributed by atoms with Gasteiger partial charge in [-0.15, -0.1) is 0 Å². The van der Waals surface area contributed by atoms with Crippen molar-refractivity contribution >= 4 is 51.7 Å². The van der Waals surface area contributed by atoms with E-state index >= 15 is 0 Å². The molecular weight excluding hydrogens is 442 g/mol. The summed E-state index contributed by atoms with van der Waals surface area (Å²) in [6.45, 7) is 5.48. The van der Waals surface area contributed by atoms with Crippen LogP contribution in [-0.2, 0) is 9.47 Å². The van der Waals surface area contributed by atoms with Gasteiger partial charge in [-0.25, -0.2) is 9.59 Å². The summed E-state index contributed by atoms with van der Waals surface area (Å²) in [6, 6.07) is 9.22. The van der Waals surface area contributed by atoms with Gasteiger partial charge in [-0.2, -0.15) is 0 Å². The fourth-order valence-electron chi connectivity index (χ4n) is 3.69. The van der Waals surface area contributed by atoms with Crippen molar-refractivity contribution in [2.75, 3.05) is 13.2 Å². The topological polar surface area (TPSA) is 122 Å². The second kappa shape index (κ2) is 9.22. The normalized spacial score (nSPS) is 11.4. The number of hydrogen-bond acceptors (Lipinski definition) is 8. The number of ether oxygens (including phenoxy) is 2. The molecule has 34 heavy (non-hydrogen) atoms. The van der Waals surface area contributed by atoms with Gasteiger partial charge in [-0.3, -0.25) is 10.1 Å². The van der Waals surface area contributed by atoms with Crippen LogP contribution in [0.25, 0.3) is 34.1 Å². The third-order valence-electron chi connectivity index (χ3n) is 5.19. The molecule has 0 saturated heterocycles. The van der Waals surface area contributed by atoms with E-state index in [1.807, 2.05) is 0 Å². The number of rotatable bonds is 7. The summed E-state index contributed by atoms with van der Waals surface area (Å²) in [6.07, 6.45) is 3.26. The van der Waals surface area contributed by atoms with Gasteiger partial charge in [-0.05, 0) is 56.7 Å². The molecule has 9 nitrogen and oxygen atoms in total. The molecule has 174 valence electrons. The van der Waals surface area contributed by atoms with Crippen molar-refractivity contribution in [1.82, 2.24) is 0 Å². The Bertz CT molecular complexity index is 1440. The maximum absolute atomic E-state index is 12.8. The number of nitrogens with zero attached hydrogens (tertiary/aromatic N) is 1. The first kappa shape index (κ1) is 22.8. The summed E-state index contributed by atoms with van der Waals surface area (Å²) in [5.74, 6) is -0.433. The maximum Gasteiger partial charge on any atom is 0.342 e. The summed E-state index contributed by atoms with van der Waals surface area (Å²) in [7, 11) is 0. The Morgan fingerprint density at radius 2 is 1.47 bits per heavy atom. The Morgan fingerprint density at radius 3 is 2.06 bits per heavy atom. The van der Waals surface area contributed by atoms with E-state index in [1.54, 1.807) is 57.2 Å². The van der Waals surface area contributed by atoms with Gasteiger partial charge >= 0.3 is 11.9 Å². The summed E-state index contributed by atoms with van der Waals surface area (Å²) in [5.41, 5.74) is 1.94. The lowest BCUT2D eigenvalue weighted by Gasteiger charge is -2.01. The molecule has 0 aliphatic rings. The molecule has 2 aromatic heterocycles. The van der Waals surface area contributed by atoms with Crippen molar-refractivity contribution in [3.8, 4) is 0 Å². The largest absolute Gasteiger partial charge is 0.462 e. The van der Waals surface area contributed by atoms with Gasteiger partial charge in [0.1, 0.15) is 33.8 Å². The molecule has 0 spiro atoms. The van der Waals surface area contributed by atoms with E-state index in [0.29, 0.717) is 38.8 Å². The zero-order valence-electron chi connectivity index (χ0n) is 18.7. The van der Waals surface area contributed by atoms with Gasteiger partial charge < -0.3 is 18.3 Å². The van der Waals surface area contributed by atoms with Crippen LogP contribution in [0.2, 0.25) is 0 Å². The summed E-state index contributed by atoms with van der Waals surface area (Å²) >= 11 is 0. The highest BCUT2D eigenvalue weighted by molar-refractivity contribution is 6.13. The third kappa shape index (κ3) is 4.15. The fraction of sp³-hybridized carbons (Fsp3) is 0.200. The van der Waals surface area contributed by atoms with Crippen LogP contribution in [-0.4, -0.2) is 30.1 Å². The van der Waals surface area contributed by atoms with Crippen molar-refractivity contribution in [1.29, 1.82) is 0 Å². The highest BCUT2D eigenvalue weighted by Gasteiger charge is 2.25. The Balaban J connectivity index is 1.84. The lowest BCUT2D eigenvalue weighted by atomic mass is 10.1. The Morgan fingerprint density at radius 1 is 0.912 bits per heavy atom. The average Bonchev–Trinajstić information content (AvgIpc) is 3.32. The number of hydrogen-bond donors (Lipinski definition) is 0. The van der Waals surface area contributed by atoms with Crippen LogP contribution in [0.15, 0.2) is 45.2 Å². The number of esters is 2. The number of non-ortho nitro benzene ring substituents is 1.